The van der Waals surface area contributed by atoms with Crippen LogP contribution in [-0.4, -0.2) is 19.5 Å². The maximum atomic E-state index is 5.33. The highest BCUT2D eigenvalue weighted by molar-refractivity contribution is 7.25. The van der Waals surface area contributed by atoms with E-state index in [4.69, 9.17) is 15.0 Å². The van der Waals surface area contributed by atoms with Gasteiger partial charge in [0.15, 0.2) is 17.5 Å². The molecule has 0 aliphatic rings. The first kappa shape index (κ1) is 32.2. The Labute approximate surface area is 327 Å². The summed E-state index contributed by atoms with van der Waals surface area (Å²) in [6.07, 6.45) is 0. The molecule has 0 aliphatic carbocycles. The van der Waals surface area contributed by atoms with Crippen LogP contribution in [0.25, 0.3) is 104 Å². The van der Waals surface area contributed by atoms with Gasteiger partial charge in [0.05, 0.1) is 11.0 Å². The molecule has 0 amide bonds. The number of nitrogens with zero attached hydrogens (tertiary/aromatic N) is 4. The van der Waals surface area contributed by atoms with Crippen LogP contribution in [0, 0.1) is 0 Å². The zero-order valence-corrected chi connectivity index (χ0v) is 31.0. The monoisotopic (exact) mass is 732 g/mol. The second-order valence-electron chi connectivity index (χ2n) is 14.0. The van der Waals surface area contributed by atoms with Gasteiger partial charge in [-0.1, -0.05) is 158 Å². The van der Waals surface area contributed by atoms with Crippen molar-refractivity contribution in [1.29, 1.82) is 0 Å². The summed E-state index contributed by atoms with van der Waals surface area (Å²) in [6.45, 7) is 0. The highest BCUT2D eigenvalue weighted by Crippen LogP contribution is 2.41. The molecule has 11 rings (SSSR count). The number of thiophene rings is 1. The maximum Gasteiger partial charge on any atom is 0.164 e. The molecule has 3 heterocycles. The Morgan fingerprint density at radius 1 is 0.339 bits per heavy atom. The number of aromatic nitrogens is 4. The molecule has 5 heteroatoms. The van der Waals surface area contributed by atoms with Crippen molar-refractivity contribution in [2.75, 3.05) is 0 Å². The van der Waals surface area contributed by atoms with Gasteiger partial charge in [0.1, 0.15) is 0 Å². The zero-order chi connectivity index (χ0) is 37.0. The quantitative estimate of drug-likeness (QED) is 0.171. The number of fused-ring (bicyclic) bond motifs is 6. The van der Waals surface area contributed by atoms with E-state index in [-0.39, 0.29) is 0 Å². The van der Waals surface area contributed by atoms with E-state index in [2.05, 4.69) is 193 Å². The molecule has 56 heavy (non-hydrogen) atoms. The SMILES string of the molecule is c1ccc(-c2ccc(-c3ccccc3-c3nc(-c4ccc5c6ccccc6n(-c6ccccc6)c5c4)nc(-c4cccc5sc6ccccc6c45)n3)cc2)cc1. The topological polar surface area (TPSA) is 43.6 Å². The van der Waals surface area contributed by atoms with Crippen LogP contribution in [0.3, 0.4) is 0 Å². The van der Waals surface area contributed by atoms with Crippen LogP contribution >= 0.6 is 11.3 Å². The van der Waals surface area contributed by atoms with Crippen LogP contribution < -0.4 is 0 Å². The lowest BCUT2D eigenvalue weighted by Crippen LogP contribution is -2.01. The van der Waals surface area contributed by atoms with Gasteiger partial charge in [-0.15, -0.1) is 11.3 Å². The first-order valence-corrected chi connectivity index (χ1v) is 19.6. The molecule has 0 radical (unpaired) electrons. The van der Waals surface area contributed by atoms with Crippen LogP contribution in [0.15, 0.2) is 194 Å². The van der Waals surface area contributed by atoms with Crippen LogP contribution in [0.2, 0.25) is 0 Å². The van der Waals surface area contributed by atoms with Crippen molar-refractivity contribution in [3.8, 4) is 62.1 Å². The van der Waals surface area contributed by atoms with E-state index in [0.717, 1.165) is 44.5 Å². The van der Waals surface area contributed by atoms with Crippen molar-refractivity contribution in [2.45, 2.75) is 0 Å². The van der Waals surface area contributed by atoms with Gasteiger partial charge in [-0.2, -0.15) is 0 Å². The molecule has 3 aromatic heterocycles. The minimum Gasteiger partial charge on any atom is -0.309 e. The fraction of sp³-hybridized carbons (Fsp3) is 0. The fourth-order valence-corrected chi connectivity index (χ4v) is 9.21. The molecule has 0 unspecified atom stereocenters. The summed E-state index contributed by atoms with van der Waals surface area (Å²) < 4.78 is 4.79. The van der Waals surface area contributed by atoms with Crippen molar-refractivity contribution in [1.82, 2.24) is 19.5 Å². The summed E-state index contributed by atoms with van der Waals surface area (Å²) in [4.78, 5) is 16.0. The van der Waals surface area contributed by atoms with Crippen LogP contribution in [0.4, 0.5) is 0 Å². The fourth-order valence-electron chi connectivity index (χ4n) is 8.07. The largest absolute Gasteiger partial charge is 0.309 e. The first-order valence-electron chi connectivity index (χ1n) is 18.8. The van der Waals surface area contributed by atoms with Crippen LogP contribution in [0.5, 0.6) is 0 Å². The molecule has 0 saturated heterocycles. The molecule has 0 fully saturated rings. The Kier molecular flexibility index (Phi) is 7.64. The van der Waals surface area contributed by atoms with Crippen molar-refractivity contribution in [2.24, 2.45) is 0 Å². The van der Waals surface area contributed by atoms with Crippen molar-refractivity contribution in [3.63, 3.8) is 0 Å². The average molecular weight is 733 g/mol. The number of benzene rings is 8. The third kappa shape index (κ3) is 5.40. The minimum atomic E-state index is 0.627. The Balaban J connectivity index is 1.14. The summed E-state index contributed by atoms with van der Waals surface area (Å²) in [7, 11) is 0. The predicted molar refractivity (Wildman–Crippen MR) is 234 cm³/mol. The van der Waals surface area contributed by atoms with E-state index in [9.17, 15) is 0 Å². The lowest BCUT2D eigenvalue weighted by atomic mass is 9.96. The van der Waals surface area contributed by atoms with Crippen molar-refractivity contribution < 1.29 is 0 Å². The van der Waals surface area contributed by atoms with Gasteiger partial charge < -0.3 is 4.57 Å². The first-order chi connectivity index (χ1) is 27.8. The minimum absolute atomic E-state index is 0.627. The third-order valence-corrected chi connectivity index (χ3v) is 11.8. The predicted octanol–water partition coefficient (Wildman–Crippen LogP) is 13.7. The van der Waals surface area contributed by atoms with E-state index in [1.54, 1.807) is 11.3 Å². The molecule has 262 valence electrons. The number of rotatable bonds is 6. The molecule has 8 aromatic carbocycles. The highest BCUT2D eigenvalue weighted by Gasteiger charge is 2.20. The lowest BCUT2D eigenvalue weighted by Gasteiger charge is -2.13. The van der Waals surface area contributed by atoms with E-state index in [0.29, 0.717) is 17.5 Å². The molecular weight excluding hydrogens is 701 g/mol. The molecule has 0 saturated carbocycles. The second kappa shape index (κ2) is 13.3. The molecular formula is C51H32N4S. The van der Waals surface area contributed by atoms with Gasteiger partial charge in [-0.05, 0) is 58.7 Å². The van der Waals surface area contributed by atoms with E-state index in [1.165, 1.54) is 42.1 Å². The molecule has 0 atom stereocenters. The maximum absolute atomic E-state index is 5.33. The van der Waals surface area contributed by atoms with E-state index < -0.39 is 0 Å². The number of hydrogen-bond acceptors (Lipinski definition) is 4. The average Bonchev–Trinajstić information content (AvgIpc) is 3.82. The Morgan fingerprint density at radius 3 is 1.71 bits per heavy atom. The summed E-state index contributed by atoms with van der Waals surface area (Å²) in [5, 5.41) is 4.76. The molecule has 11 aromatic rings. The van der Waals surface area contributed by atoms with E-state index >= 15 is 0 Å². The summed E-state index contributed by atoms with van der Waals surface area (Å²) in [5.74, 6) is 1.91. The number of hydrogen-bond donors (Lipinski definition) is 0. The Morgan fingerprint density at radius 2 is 0.893 bits per heavy atom. The zero-order valence-electron chi connectivity index (χ0n) is 30.2. The molecule has 4 nitrogen and oxygen atoms in total. The Hall–Kier alpha value is -7.21. The van der Waals surface area contributed by atoms with Crippen molar-refractivity contribution >= 4 is 53.3 Å². The van der Waals surface area contributed by atoms with Gasteiger partial charge in [0.25, 0.3) is 0 Å². The van der Waals surface area contributed by atoms with Crippen molar-refractivity contribution in [3.05, 3.63) is 194 Å². The van der Waals surface area contributed by atoms with Crippen LogP contribution in [-0.2, 0) is 0 Å². The molecule has 0 spiro atoms. The van der Waals surface area contributed by atoms with Gasteiger partial charge in [0.2, 0.25) is 0 Å². The van der Waals surface area contributed by atoms with Gasteiger partial charge in [0, 0.05) is 53.3 Å². The summed E-state index contributed by atoms with van der Waals surface area (Å²) in [6, 6.07) is 68.5. The van der Waals surface area contributed by atoms with Gasteiger partial charge in [-0.3, -0.25) is 0 Å². The standard InChI is InChI=1S/C51H32N4S/c1-3-14-33(15-4-1)34-26-28-35(29-27-34)38-18-7-8-20-41(38)50-52-49(53-51(54-50)43-22-13-25-47-48(43)42-21-10-12-24-46(42)56-47)36-30-31-40-39-19-9-11-23-44(39)55(45(40)32-36)37-16-5-2-6-17-37/h1-32H. The molecule has 0 bridgehead atoms. The molecule has 0 N–H and O–H groups in total. The summed E-state index contributed by atoms with van der Waals surface area (Å²) >= 11 is 1.80. The lowest BCUT2D eigenvalue weighted by molar-refractivity contribution is 1.08. The Bertz CT molecular complexity index is 3240. The highest BCUT2D eigenvalue weighted by atomic mass is 32.1. The number of para-hydroxylation sites is 2. The van der Waals surface area contributed by atoms with E-state index in [1.807, 2.05) is 6.07 Å². The van der Waals surface area contributed by atoms with Crippen LogP contribution in [0.1, 0.15) is 0 Å². The normalized spacial score (nSPS) is 11.6. The summed E-state index contributed by atoms with van der Waals surface area (Å²) in [5.41, 5.74) is 10.8. The second-order valence-corrected chi connectivity index (χ2v) is 15.1. The van der Waals surface area contributed by atoms with Gasteiger partial charge in [-0.25, -0.2) is 15.0 Å². The third-order valence-electron chi connectivity index (χ3n) is 10.7. The van der Waals surface area contributed by atoms with Gasteiger partial charge >= 0.3 is 0 Å². The smallest absolute Gasteiger partial charge is 0.164 e. The molecule has 0 aliphatic heterocycles.